The summed E-state index contributed by atoms with van der Waals surface area (Å²) in [5, 5.41) is 0. The molecule has 41 heavy (non-hydrogen) atoms. The maximum atomic E-state index is 13.5. The minimum absolute atomic E-state index is 0.265. The molecule has 0 saturated carbocycles. The standard InChI is InChI=1S/C25H14I9NO6/c26-10-1-13(19(32)16(29)4-10)22(36)39-8-25(7-35,41-24(38)15-3-12(28)6-18(31)21(15)34)9-40-23(37)14-2-11(27)5-17(30)20(14)33/h1-6H,7-9,35H2. The number of halogens is 9. The number of carbonyl (C=O) groups excluding carboxylic acids is 3. The molecular weight excluding hydrogens is 1550 g/mol. The van der Waals surface area contributed by atoms with Gasteiger partial charge in [0.05, 0.1) is 16.7 Å². The maximum absolute atomic E-state index is 13.5. The van der Waals surface area contributed by atoms with Crippen molar-refractivity contribution in [1.29, 1.82) is 0 Å². The zero-order chi connectivity index (χ0) is 30.6. The Labute approximate surface area is 359 Å². The lowest BCUT2D eigenvalue weighted by molar-refractivity contribution is -0.0799. The van der Waals surface area contributed by atoms with Crippen LogP contribution in [0.5, 0.6) is 0 Å². The zero-order valence-electron chi connectivity index (χ0n) is 20.0. The van der Waals surface area contributed by atoms with Crippen molar-refractivity contribution in [1.82, 2.24) is 0 Å². The van der Waals surface area contributed by atoms with E-state index in [-0.39, 0.29) is 6.54 Å². The highest BCUT2D eigenvalue weighted by molar-refractivity contribution is 14.1. The Bertz CT molecular complexity index is 1460. The number of carbonyl (C=O) groups is 3. The van der Waals surface area contributed by atoms with Crippen molar-refractivity contribution in [3.8, 4) is 0 Å². The summed E-state index contributed by atoms with van der Waals surface area (Å²) in [5.41, 5.74) is 5.61. The summed E-state index contributed by atoms with van der Waals surface area (Å²) in [4.78, 5) is 39.8. The van der Waals surface area contributed by atoms with Crippen LogP contribution >= 0.6 is 203 Å². The van der Waals surface area contributed by atoms with Crippen LogP contribution in [0.1, 0.15) is 31.1 Å². The van der Waals surface area contributed by atoms with Gasteiger partial charge in [-0.15, -0.1) is 0 Å². The molecule has 0 radical (unpaired) electrons. The van der Waals surface area contributed by atoms with Crippen LogP contribution < -0.4 is 5.73 Å². The van der Waals surface area contributed by atoms with E-state index in [0.717, 1.165) is 28.6 Å². The van der Waals surface area contributed by atoms with Gasteiger partial charge in [-0.2, -0.15) is 0 Å². The van der Waals surface area contributed by atoms with Crippen molar-refractivity contribution < 1.29 is 28.6 Å². The van der Waals surface area contributed by atoms with Gasteiger partial charge in [-0.05, 0) is 240 Å². The first-order valence-electron chi connectivity index (χ1n) is 10.9. The SMILES string of the molecule is NCC(COC(=O)c1cc(I)cc(I)c1I)(COC(=O)c1cc(I)cc(I)c1I)OC(=O)c1cc(I)cc(I)c1I. The maximum Gasteiger partial charge on any atom is 0.340 e. The van der Waals surface area contributed by atoms with Crippen LogP contribution in [0.15, 0.2) is 36.4 Å². The molecule has 2 N–H and O–H groups in total. The van der Waals surface area contributed by atoms with E-state index in [0.29, 0.717) is 20.3 Å². The van der Waals surface area contributed by atoms with Crippen LogP contribution in [0.4, 0.5) is 0 Å². The average molecular weight is 1570 g/mol. The van der Waals surface area contributed by atoms with Crippen molar-refractivity contribution in [2.75, 3.05) is 19.8 Å². The fourth-order valence-corrected chi connectivity index (χ4v) is 10.3. The number of hydrogen-bond donors (Lipinski definition) is 1. The molecule has 0 bridgehead atoms. The van der Waals surface area contributed by atoms with Crippen LogP contribution in [0, 0.1) is 32.1 Å². The van der Waals surface area contributed by atoms with Gasteiger partial charge in [-0.1, -0.05) is 0 Å². The van der Waals surface area contributed by atoms with Crippen LogP contribution in [-0.4, -0.2) is 43.3 Å². The second-order valence-corrected chi connectivity index (χ2v) is 18.6. The van der Waals surface area contributed by atoms with Crippen molar-refractivity contribution in [2.45, 2.75) is 5.60 Å². The first kappa shape index (κ1) is 38.1. The van der Waals surface area contributed by atoms with E-state index in [2.05, 4.69) is 203 Å². The van der Waals surface area contributed by atoms with Gasteiger partial charge >= 0.3 is 17.9 Å². The van der Waals surface area contributed by atoms with Gasteiger partial charge < -0.3 is 19.9 Å². The van der Waals surface area contributed by atoms with E-state index in [4.69, 9.17) is 19.9 Å². The number of rotatable bonds is 9. The lowest BCUT2D eigenvalue weighted by Gasteiger charge is -2.31. The Hall–Kier alpha value is 2.60. The molecule has 0 unspecified atom stereocenters. The van der Waals surface area contributed by atoms with E-state index in [1.165, 1.54) is 0 Å². The summed E-state index contributed by atoms with van der Waals surface area (Å²) in [6, 6.07) is 11.0. The Morgan fingerprint density at radius 2 is 0.878 bits per heavy atom. The third-order valence-corrected chi connectivity index (χ3v) is 16.3. The van der Waals surface area contributed by atoms with Gasteiger partial charge in [0.25, 0.3) is 0 Å². The lowest BCUT2D eigenvalue weighted by atomic mass is 10.1. The summed E-state index contributed by atoms with van der Waals surface area (Å²) in [6.45, 7) is -1.10. The first-order valence-corrected chi connectivity index (χ1v) is 20.6. The first-order chi connectivity index (χ1) is 19.2. The van der Waals surface area contributed by atoms with Crippen LogP contribution in [-0.2, 0) is 14.2 Å². The number of benzene rings is 3. The molecule has 0 atom stereocenters. The molecule has 0 saturated heterocycles. The van der Waals surface area contributed by atoms with E-state index in [1.807, 2.05) is 18.2 Å². The Morgan fingerprint density at radius 1 is 0.561 bits per heavy atom. The Balaban J connectivity index is 1.94. The lowest BCUT2D eigenvalue weighted by Crippen LogP contribution is -2.51. The summed E-state index contributed by atoms with van der Waals surface area (Å²) >= 11 is 19.1. The highest BCUT2D eigenvalue weighted by atomic mass is 127. The fourth-order valence-electron chi connectivity index (χ4n) is 3.17. The molecule has 3 aromatic rings. The van der Waals surface area contributed by atoms with Gasteiger partial charge in [0.1, 0.15) is 13.2 Å². The minimum Gasteiger partial charge on any atom is -0.458 e. The predicted octanol–water partition coefficient (Wildman–Crippen LogP) is 8.70. The van der Waals surface area contributed by atoms with Gasteiger partial charge in [-0.25, -0.2) is 14.4 Å². The molecule has 3 rings (SSSR count). The van der Waals surface area contributed by atoms with Gasteiger partial charge in [-0.3, -0.25) is 0 Å². The average Bonchev–Trinajstić information content (AvgIpc) is 2.91. The Morgan fingerprint density at radius 3 is 1.20 bits per heavy atom. The van der Waals surface area contributed by atoms with Crippen LogP contribution in [0.2, 0.25) is 0 Å². The summed E-state index contributed by atoms with van der Waals surface area (Å²) in [6.07, 6.45) is 0. The van der Waals surface area contributed by atoms with E-state index in [1.54, 1.807) is 18.2 Å². The van der Waals surface area contributed by atoms with Crippen molar-refractivity contribution in [3.63, 3.8) is 0 Å². The molecular formula is C25H14I9NO6. The molecule has 0 aliphatic carbocycles. The summed E-state index contributed by atoms with van der Waals surface area (Å²) in [5.74, 6) is -1.88. The number of hydrogen-bond acceptors (Lipinski definition) is 7. The smallest absolute Gasteiger partial charge is 0.340 e. The normalized spacial score (nSPS) is 11.3. The molecule has 218 valence electrons. The van der Waals surface area contributed by atoms with Crippen molar-refractivity contribution in [3.05, 3.63) is 85.2 Å². The van der Waals surface area contributed by atoms with Crippen molar-refractivity contribution >= 4 is 221 Å². The molecule has 0 heterocycles. The van der Waals surface area contributed by atoms with Crippen molar-refractivity contribution in [2.24, 2.45) is 5.73 Å². The second kappa shape index (κ2) is 17.1. The molecule has 0 aliphatic rings. The van der Waals surface area contributed by atoms with Gasteiger partial charge in [0.15, 0.2) is 5.60 Å². The molecule has 16 heteroatoms. The van der Waals surface area contributed by atoms with E-state index < -0.39 is 36.7 Å². The van der Waals surface area contributed by atoms with Crippen LogP contribution in [0.3, 0.4) is 0 Å². The number of esters is 3. The zero-order valence-corrected chi connectivity index (χ0v) is 39.4. The van der Waals surface area contributed by atoms with Gasteiger partial charge in [0.2, 0.25) is 0 Å². The summed E-state index contributed by atoms with van der Waals surface area (Å²) < 4.78 is 24.8. The molecule has 0 spiro atoms. The molecule has 0 fully saturated rings. The van der Waals surface area contributed by atoms with E-state index in [9.17, 15) is 14.4 Å². The quantitative estimate of drug-likeness (QED) is 0.0991. The van der Waals surface area contributed by atoms with Gasteiger partial charge in [0, 0.05) is 38.7 Å². The highest BCUT2D eigenvalue weighted by Crippen LogP contribution is 2.28. The highest BCUT2D eigenvalue weighted by Gasteiger charge is 2.39. The number of nitrogens with two attached hydrogens (primary N) is 1. The summed E-state index contributed by atoms with van der Waals surface area (Å²) in [7, 11) is 0. The number of ether oxygens (including phenoxy) is 3. The monoisotopic (exact) mass is 1570 g/mol. The van der Waals surface area contributed by atoms with E-state index >= 15 is 0 Å². The van der Waals surface area contributed by atoms with Crippen LogP contribution in [0.25, 0.3) is 0 Å². The third kappa shape index (κ3) is 10.3. The second-order valence-electron chi connectivity index (χ2n) is 8.18. The molecule has 0 aliphatic heterocycles. The molecule has 0 amide bonds. The molecule has 0 aromatic heterocycles. The molecule has 3 aromatic carbocycles. The fraction of sp³-hybridized carbons (Fsp3) is 0.160. The minimum atomic E-state index is -1.64. The Kier molecular flexibility index (Phi) is 15.9. The topological polar surface area (TPSA) is 105 Å². The molecule has 7 nitrogen and oxygen atoms in total. The third-order valence-electron chi connectivity index (χ3n) is 5.25. The largest absolute Gasteiger partial charge is 0.458 e. The predicted molar refractivity (Wildman–Crippen MR) is 232 cm³/mol.